The van der Waals surface area contributed by atoms with Crippen LogP contribution >= 0.6 is 22.9 Å². The average Bonchev–Trinajstić information content (AvgIpc) is 3.30. The molecule has 3 rings (SSSR count). The number of hydrogen-bond acceptors (Lipinski definition) is 5. The molecule has 0 aliphatic heterocycles. The van der Waals surface area contributed by atoms with Gasteiger partial charge in [0.25, 0.3) is 11.6 Å². The van der Waals surface area contributed by atoms with Crippen LogP contribution in [-0.2, 0) is 17.8 Å². The van der Waals surface area contributed by atoms with Crippen LogP contribution in [0.15, 0.2) is 66.0 Å². The van der Waals surface area contributed by atoms with Crippen molar-refractivity contribution in [2.75, 3.05) is 7.05 Å². The Morgan fingerprint density at radius 2 is 1.90 bits per heavy atom. The summed E-state index contributed by atoms with van der Waals surface area (Å²) in [6, 6.07) is 16.1. The fraction of sp³-hybridized carbons (Fsp3) is 0.182. The van der Waals surface area contributed by atoms with Crippen molar-refractivity contribution >= 4 is 40.4 Å². The van der Waals surface area contributed by atoms with Crippen molar-refractivity contribution in [3.05, 3.63) is 97.2 Å². The van der Waals surface area contributed by atoms with Gasteiger partial charge in [0.15, 0.2) is 0 Å². The molecule has 1 atom stereocenters. The van der Waals surface area contributed by atoms with Crippen molar-refractivity contribution in [2.24, 2.45) is 0 Å². The van der Waals surface area contributed by atoms with Crippen LogP contribution in [0.4, 0.5) is 5.69 Å². The van der Waals surface area contributed by atoms with Gasteiger partial charge in [-0.25, -0.2) is 0 Å². The predicted octanol–water partition coefficient (Wildman–Crippen LogP) is 4.31. The minimum absolute atomic E-state index is 0.0690. The number of benzene rings is 2. The van der Waals surface area contributed by atoms with Crippen molar-refractivity contribution < 1.29 is 14.5 Å². The maximum Gasteiger partial charge on any atom is 0.269 e. The van der Waals surface area contributed by atoms with Crippen molar-refractivity contribution in [3.8, 4) is 0 Å². The molecule has 1 N–H and O–H groups in total. The zero-order valence-corrected chi connectivity index (χ0v) is 18.2. The van der Waals surface area contributed by atoms with Crippen LogP contribution in [-0.4, -0.2) is 34.7 Å². The summed E-state index contributed by atoms with van der Waals surface area (Å²) < 4.78 is 0. The van der Waals surface area contributed by atoms with Crippen LogP contribution in [0.2, 0.25) is 5.02 Å². The van der Waals surface area contributed by atoms with Crippen LogP contribution in [0, 0.1) is 10.1 Å². The topological polar surface area (TPSA) is 92.5 Å². The SMILES string of the molecule is CN(Cc1cc([N+](=O)[O-])ccc1Cl)C(=O)C(Cc1ccccc1)NC(=O)c1cccs1. The van der Waals surface area contributed by atoms with Crippen LogP contribution in [0.25, 0.3) is 0 Å². The summed E-state index contributed by atoms with van der Waals surface area (Å²) in [5.41, 5.74) is 1.25. The smallest absolute Gasteiger partial charge is 0.269 e. The van der Waals surface area contributed by atoms with Crippen LogP contribution < -0.4 is 5.32 Å². The number of nitro groups is 1. The number of amides is 2. The van der Waals surface area contributed by atoms with Crippen molar-refractivity contribution in [2.45, 2.75) is 19.0 Å². The first-order chi connectivity index (χ1) is 14.8. The maximum atomic E-state index is 13.2. The fourth-order valence-electron chi connectivity index (χ4n) is 3.08. The first-order valence-corrected chi connectivity index (χ1v) is 10.7. The first-order valence-electron chi connectivity index (χ1n) is 9.41. The molecule has 9 heteroatoms. The Kier molecular flexibility index (Phi) is 7.38. The first kappa shape index (κ1) is 22.5. The van der Waals surface area contributed by atoms with Gasteiger partial charge in [-0.05, 0) is 28.6 Å². The third-order valence-electron chi connectivity index (χ3n) is 4.65. The number of carbonyl (C=O) groups is 2. The number of carbonyl (C=O) groups excluding carboxylic acids is 2. The quantitative estimate of drug-likeness (QED) is 0.403. The molecule has 0 saturated carbocycles. The third-order valence-corrected chi connectivity index (χ3v) is 5.89. The van der Waals surface area contributed by atoms with Gasteiger partial charge in [-0.3, -0.25) is 19.7 Å². The lowest BCUT2D eigenvalue weighted by Gasteiger charge is -2.25. The highest BCUT2D eigenvalue weighted by molar-refractivity contribution is 7.12. The zero-order chi connectivity index (χ0) is 22.4. The van der Waals surface area contributed by atoms with E-state index in [9.17, 15) is 19.7 Å². The van der Waals surface area contributed by atoms with Crippen LogP contribution in [0.5, 0.6) is 0 Å². The molecule has 2 aromatic carbocycles. The van der Waals surface area contributed by atoms with Gasteiger partial charge >= 0.3 is 0 Å². The van der Waals surface area contributed by atoms with E-state index in [4.69, 9.17) is 11.6 Å². The van der Waals surface area contributed by atoms with E-state index in [2.05, 4.69) is 5.32 Å². The number of thiophene rings is 1. The highest BCUT2D eigenvalue weighted by atomic mass is 35.5. The molecule has 160 valence electrons. The molecule has 2 amide bonds. The second kappa shape index (κ2) is 10.2. The van der Waals surface area contributed by atoms with Crippen molar-refractivity contribution in [1.29, 1.82) is 0 Å². The predicted molar refractivity (Wildman–Crippen MR) is 120 cm³/mol. The summed E-state index contributed by atoms with van der Waals surface area (Å²) >= 11 is 7.47. The van der Waals surface area contributed by atoms with E-state index in [1.54, 1.807) is 24.6 Å². The molecule has 1 heterocycles. The summed E-state index contributed by atoms with van der Waals surface area (Å²) in [6.07, 6.45) is 0.309. The van der Waals surface area contributed by atoms with E-state index in [1.165, 1.54) is 34.4 Å². The lowest BCUT2D eigenvalue weighted by Crippen LogP contribution is -2.48. The third kappa shape index (κ3) is 5.90. The van der Waals surface area contributed by atoms with Gasteiger partial charge < -0.3 is 10.2 Å². The Morgan fingerprint density at radius 1 is 1.16 bits per heavy atom. The lowest BCUT2D eigenvalue weighted by atomic mass is 10.0. The second-order valence-electron chi connectivity index (χ2n) is 6.92. The van der Waals surface area contributed by atoms with E-state index >= 15 is 0 Å². The molecule has 0 bridgehead atoms. The van der Waals surface area contributed by atoms with E-state index in [0.29, 0.717) is 21.9 Å². The van der Waals surface area contributed by atoms with Crippen LogP contribution in [0.1, 0.15) is 20.8 Å². The van der Waals surface area contributed by atoms with Gasteiger partial charge in [0.05, 0.1) is 9.80 Å². The van der Waals surface area contributed by atoms with Gasteiger partial charge in [-0.15, -0.1) is 11.3 Å². The number of hydrogen-bond donors (Lipinski definition) is 1. The Balaban J connectivity index is 1.80. The number of nitrogens with zero attached hydrogens (tertiary/aromatic N) is 2. The molecule has 0 fully saturated rings. The van der Waals surface area contributed by atoms with Gasteiger partial charge in [0.2, 0.25) is 5.91 Å². The molecule has 0 aliphatic carbocycles. The van der Waals surface area contributed by atoms with E-state index < -0.39 is 11.0 Å². The van der Waals surface area contributed by atoms with E-state index in [0.717, 1.165) is 5.56 Å². The molecule has 31 heavy (non-hydrogen) atoms. The molecular weight excluding hydrogens is 438 g/mol. The van der Waals surface area contributed by atoms with Gasteiger partial charge in [0, 0.05) is 37.2 Å². The van der Waals surface area contributed by atoms with E-state index in [1.807, 2.05) is 30.3 Å². The Hall–Kier alpha value is -3.23. The minimum atomic E-state index is -0.806. The van der Waals surface area contributed by atoms with Gasteiger partial charge in [0.1, 0.15) is 6.04 Å². The molecule has 0 spiro atoms. The molecule has 1 aromatic heterocycles. The number of likely N-dealkylation sites (N-methyl/N-ethyl adjacent to an activating group) is 1. The Labute approximate surface area is 188 Å². The Bertz CT molecular complexity index is 1070. The number of non-ortho nitro benzene ring substituents is 1. The molecular formula is C22H20ClN3O4S. The summed E-state index contributed by atoms with van der Waals surface area (Å²) in [4.78, 5) is 38.3. The zero-order valence-electron chi connectivity index (χ0n) is 16.7. The van der Waals surface area contributed by atoms with Gasteiger partial charge in [-0.1, -0.05) is 48.0 Å². The summed E-state index contributed by atoms with van der Waals surface area (Å²) in [5.74, 6) is -0.651. The lowest BCUT2D eigenvalue weighted by molar-refractivity contribution is -0.384. The number of nitro benzene ring substituents is 1. The second-order valence-corrected chi connectivity index (χ2v) is 8.28. The highest BCUT2D eigenvalue weighted by Gasteiger charge is 2.26. The molecule has 0 aliphatic rings. The molecule has 1 unspecified atom stereocenters. The highest BCUT2D eigenvalue weighted by Crippen LogP contribution is 2.23. The standard InChI is InChI=1S/C22H20ClN3O4S/c1-25(14-16-13-17(26(29)30)9-10-18(16)23)22(28)19(12-15-6-3-2-4-7-15)24-21(27)20-8-5-11-31-20/h2-11,13,19H,12,14H2,1H3,(H,24,27). The van der Waals surface area contributed by atoms with Crippen molar-refractivity contribution in [1.82, 2.24) is 10.2 Å². The summed E-state index contributed by atoms with van der Waals surface area (Å²) in [6.45, 7) is 0.0690. The Morgan fingerprint density at radius 3 is 2.55 bits per heavy atom. The largest absolute Gasteiger partial charge is 0.340 e. The molecule has 0 saturated heterocycles. The normalized spacial score (nSPS) is 11.5. The number of nitrogens with one attached hydrogen (secondary N) is 1. The number of halogens is 1. The van der Waals surface area contributed by atoms with E-state index in [-0.39, 0.29) is 24.0 Å². The monoisotopic (exact) mass is 457 g/mol. The minimum Gasteiger partial charge on any atom is -0.340 e. The molecule has 7 nitrogen and oxygen atoms in total. The van der Waals surface area contributed by atoms with Gasteiger partial charge in [-0.2, -0.15) is 0 Å². The summed E-state index contributed by atoms with van der Waals surface area (Å²) in [7, 11) is 1.58. The number of rotatable bonds is 8. The molecule has 3 aromatic rings. The average molecular weight is 458 g/mol. The van der Waals surface area contributed by atoms with Crippen LogP contribution in [0.3, 0.4) is 0 Å². The summed E-state index contributed by atoms with van der Waals surface area (Å²) in [5, 5.41) is 16.0. The van der Waals surface area contributed by atoms with Crippen molar-refractivity contribution in [3.63, 3.8) is 0 Å². The fourth-order valence-corrected chi connectivity index (χ4v) is 3.89. The molecule has 0 radical (unpaired) electrons. The maximum absolute atomic E-state index is 13.2.